The molecule has 1 saturated heterocycles. The first-order valence-corrected chi connectivity index (χ1v) is 14.6. The average molecular weight is 565 g/mol. The molecule has 2 aliphatic rings. The van der Waals surface area contributed by atoms with E-state index in [1.165, 1.54) is 4.88 Å². The smallest absolute Gasteiger partial charge is 0.293 e. The van der Waals surface area contributed by atoms with Crippen molar-refractivity contribution in [3.05, 3.63) is 79.2 Å². The number of benzene rings is 2. The average Bonchev–Trinajstić information content (AvgIpc) is 3.56. The maximum Gasteiger partial charge on any atom is 0.293 e. The van der Waals surface area contributed by atoms with Gasteiger partial charge in [0.15, 0.2) is 0 Å². The summed E-state index contributed by atoms with van der Waals surface area (Å²) in [5.74, 6) is 0.319. The van der Waals surface area contributed by atoms with E-state index in [9.17, 15) is 14.9 Å². The Bertz CT molecular complexity index is 1420. The van der Waals surface area contributed by atoms with Crippen molar-refractivity contribution in [3.63, 3.8) is 0 Å². The molecular weight excluding hydrogens is 532 g/mol. The van der Waals surface area contributed by atoms with E-state index in [0.29, 0.717) is 38.4 Å². The molecule has 1 aromatic heterocycles. The molecule has 0 bridgehead atoms. The van der Waals surface area contributed by atoms with Gasteiger partial charge >= 0.3 is 0 Å². The molecule has 9 heteroatoms. The van der Waals surface area contributed by atoms with E-state index in [-0.39, 0.29) is 21.9 Å². The number of carbonyl (C=O) groups is 1. The Morgan fingerprint density at radius 2 is 1.90 bits per heavy atom. The van der Waals surface area contributed by atoms with Crippen LogP contribution in [-0.4, -0.2) is 30.1 Å². The summed E-state index contributed by atoms with van der Waals surface area (Å²) in [5, 5.41) is 16.1. The lowest BCUT2D eigenvalue weighted by molar-refractivity contribution is -0.384. The Morgan fingerprint density at radius 3 is 2.56 bits per heavy atom. The second kappa shape index (κ2) is 11.1. The molecule has 0 unspecified atom stereocenters. The van der Waals surface area contributed by atoms with Gasteiger partial charge < -0.3 is 10.2 Å². The summed E-state index contributed by atoms with van der Waals surface area (Å²) in [7, 11) is 0. The molecule has 1 aliphatic carbocycles. The number of aliphatic imine (C=N–C) groups is 1. The highest BCUT2D eigenvalue weighted by Crippen LogP contribution is 2.45. The normalized spacial score (nSPS) is 17.4. The second-order valence-corrected chi connectivity index (χ2v) is 12.9. The summed E-state index contributed by atoms with van der Waals surface area (Å²) in [5.41, 5.74) is 3.86. The lowest BCUT2D eigenvalue weighted by Crippen LogP contribution is -2.27. The number of hydrogen-bond donors (Lipinski definition) is 1. The third-order valence-electron chi connectivity index (χ3n) is 7.77. The van der Waals surface area contributed by atoms with Gasteiger partial charge in [-0.3, -0.25) is 14.9 Å². The van der Waals surface area contributed by atoms with Crippen LogP contribution >= 0.6 is 22.9 Å². The molecule has 0 saturated carbocycles. The number of thiophene rings is 1. The number of nitro groups is 1. The Morgan fingerprint density at radius 1 is 1.18 bits per heavy atom. The molecule has 0 spiro atoms. The summed E-state index contributed by atoms with van der Waals surface area (Å²) in [6, 6.07) is 12.3. The molecule has 1 amide bonds. The van der Waals surface area contributed by atoms with Crippen molar-refractivity contribution in [2.45, 2.75) is 52.9 Å². The van der Waals surface area contributed by atoms with Crippen molar-refractivity contribution in [2.75, 3.05) is 23.3 Å². The number of nitro benzene ring substituents is 1. The summed E-state index contributed by atoms with van der Waals surface area (Å²) in [4.78, 5) is 33.1. The van der Waals surface area contributed by atoms with Crippen LogP contribution in [0.1, 0.15) is 66.4 Å². The first-order valence-electron chi connectivity index (χ1n) is 13.4. The van der Waals surface area contributed by atoms with Crippen molar-refractivity contribution < 1.29 is 9.72 Å². The Kier molecular flexibility index (Phi) is 7.78. The highest BCUT2D eigenvalue weighted by molar-refractivity contribution is 7.16. The maximum absolute atomic E-state index is 13.6. The molecule has 7 nitrogen and oxygen atoms in total. The lowest BCUT2D eigenvalue weighted by Gasteiger charge is -2.33. The molecule has 204 valence electrons. The minimum Gasteiger partial charge on any atom is -0.366 e. The predicted molar refractivity (Wildman–Crippen MR) is 160 cm³/mol. The van der Waals surface area contributed by atoms with Crippen molar-refractivity contribution in [1.82, 2.24) is 0 Å². The van der Waals surface area contributed by atoms with E-state index < -0.39 is 0 Å². The van der Waals surface area contributed by atoms with Crippen molar-refractivity contribution in [3.8, 4) is 0 Å². The Balaban J connectivity index is 1.49. The standard InChI is InChI=1S/C30H33ClN4O3S/c1-30(2,3)20-7-12-23-26(17-20)39-29(27(23)28(36)33-22-10-8-21(31)9-11-22)32-18-19-6-13-24(25(16-19)35(37)38)34-14-4-5-15-34/h6,8-11,13,16,18,20H,4-5,7,12,14-15,17H2,1-3H3,(H,33,36)/t20-/m1/s1. The zero-order chi connectivity index (χ0) is 27.7. The van der Waals surface area contributed by atoms with Crippen LogP contribution < -0.4 is 10.2 Å². The highest BCUT2D eigenvalue weighted by Gasteiger charge is 2.34. The number of nitrogens with one attached hydrogen (secondary N) is 1. The first kappa shape index (κ1) is 27.3. The number of rotatable bonds is 6. The third-order valence-corrected chi connectivity index (χ3v) is 9.19. The number of halogens is 1. The molecule has 1 fully saturated rings. The molecular formula is C30H33ClN4O3S. The van der Waals surface area contributed by atoms with Crippen molar-refractivity contribution >= 4 is 57.1 Å². The highest BCUT2D eigenvalue weighted by atomic mass is 35.5. The third kappa shape index (κ3) is 6.02. The fourth-order valence-corrected chi connectivity index (χ4v) is 6.88. The van der Waals surface area contributed by atoms with Crippen LogP contribution in [0.3, 0.4) is 0 Å². The summed E-state index contributed by atoms with van der Waals surface area (Å²) < 4.78 is 0. The van der Waals surface area contributed by atoms with Gasteiger partial charge in [-0.1, -0.05) is 38.4 Å². The van der Waals surface area contributed by atoms with Gasteiger partial charge in [0.25, 0.3) is 11.6 Å². The fourth-order valence-electron chi connectivity index (χ4n) is 5.49. The van der Waals surface area contributed by atoms with E-state index in [1.807, 2.05) is 12.1 Å². The van der Waals surface area contributed by atoms with Gasteiger partial charge in [-0.2, -0.15) is 0 Å². The molecule has 2 heterocycles. The fraction of sp³-hybridized carbons (Fsp3) is 0.400. The Labute approximate surface area is 238 Å². The molecule has 1 aliphatic heterocycles. The van der Waals surface area contributed by atoms with Crippen LogP contribution in [0.15, 0.2) is 47.5 Å². The van der Waals surface area contributed by atoms with Crippen molar-refractivity contribution in [2.24, 2.45) is 16.3 Å². The van der Waals surface area contributed by atoms with Crippen LogP contribution in [0, 0.1) is 21.4 Å². The van der Waals surface area contributed by atoms with Gasteiger partial charge in [-0.25, -0.2) is 4.99 Å². The molecule has 1 N–H and O–H groups in total. The summed E-state index contributed by atoms with van der Waals surface area (Å²) in [6.45, 7) is 8.46. The summed E-state index contributed by atoms with van der Waals surface area (Å²) >= 11 is 7.57. The quantitative estimate of drug-likeness (QED) is 0.186. The number of fused-ring (bicyclic) bond motifs is 1. The van der Waals surface area contributed by atoms with E-state index in [1.54, 1.807) is 47.9 Å². The molecule has 5 rings (SSSR count). The van der Waals surface area contributed by atoms with Gasteiger partial charge in [-0.15, -0.1) is 11.3 Å². The lowest BCUT2D eigenvalue weighted by atomic mass is 9.72. The van der Waals surface area contributed by atoms with E-state index in [2.05, 4.69) is 31.0 Å². The van der Waals surface area contributed by atoms with Crippen LogP contribution in [0.2, 0.25) is 5.02 Å². The van der Waals surface area contributed by atoms with E-state index in [0.717, 1.165) is 50.8 Å². The SMILES string of the molecule is CC(C)(C)[C@@H]1CCc2c(sc(N=Cc3ccc(N4CCCC4)c([N+](=O)[O-])c3)c2C(=O)Nc2ccc(Cl)cc2)C1. The molecule has 2 aromatic carbocycles. The molecule has 3 aromatic rings. The number of hydrogen-bond acceptors (Lipinski definition) is 6. The number of carbonyl (C=O) groups excluding carboxylic acids is 1. The number of anilines is 2. The van der Waals surface area contributed by atoms with Gasteiger partial charge in [-0.05, 0) is 84.9 Å². The van der Waals surface area contributed by atoms with E-state index in [4.69, 9.17) is 16.6 Å². The minimum absolute atomic E-state index is 0.0834. The van der Waals surface area contributed by atoms with Crippen LogP contribution in [0.5, 0.6) is 0 Å². The molecule has 1 atom stereocenters. The largest absolute Gasteiger partial charge is 0.366 e. The maximum atomic E-state index is 13.6. The Hall–Kier alpha value is -3.23. The van der Waals surface area contributed by atoms with Crippen LogP contribution in [-0.2, 0) is 12.8 Å². The minimum atomic E-state index is -0.327. The number of amides is 1. The monoisotopic (exact) mass is 564 g/mol. The molecule has 39 heavy (non-hydrogen) atoms. The molecule has 0 radical (unpaired) electrons. The first-order chi connectivity index (χ1) is 18.6. The van der Waals surface area contributed by atoms with Crippen LogP contribution in [0.4, 0.5) is 22.1 Å². The zero-order valence-electron chi connectivity index (χ0n) is 22.5. The van der Waals surface area contributed by atoms with Gasteiger partial charge in [0, 0.05) is 41.0 Å². The second-order valence-electron chi connectivity index (χ2n) is 11.4. The summed E-state index contributed by atoms with van der Waals surface area (Å²) in [6.07, 6.45) is 6.47. The van der Waals surface area contributed by atoms with Gasteiger partial charge in [0.1, 0.15) is 10.7 Å². The van der Waals surface area contributed by atoms with E-state index >= 15 is 0 Å². The van der Waals surface area contributed by atoms with Crippen molar-refractivity contribution in [1.29, 1.82) is 0 Å². The predicted octanol–water partition coefficient (Wildman–Crippen LogP) is 8.06. The van der Waals surface area contributed by atoms with Gasteiger partial charge in [0.2, 0.25) is 0 Å². The zero-order valence-corrected chi connectivity index (χ0v) is 24.1. The van der Waals surface area contributed by atoms with Crippen LogP contribution in [0.25, 0.3) is 0 Å². The van der Waals surface area contributed by atoms with Gasteiger partial charge in [0.05, 0.1) is 10.5 Å². The number of nitrogens with zero attached hydrogens (tertiary/aromatic N) is 3. The topological polar surface area (TPSA) is 87.8 Å².